The van der Waals surface area contributed by atoms with Gasteiger partial charge in [-0.05, 0) is 58.2 Å². The van der Waals surface area contributed by atoms with Crippen molar-refractivity contribution >= 4 is 32.4 Å². The van der Waals surface area contributed by atoms with Crippen LogP contribution in [-0.4, -0.2) is 18.7 Å². The minimum absolute atomic E-state index is 0.0790. The molecule has 8 heteroatoms. The first-order valence-corrected chi connectivity index (χ1v) is 9.88. The second kappa shape index (κ2) is 5.70. The molecule has 0 saturated heterocycles. The number of benzene rings is 1. The molecule has 0 radical (unpaired) electrons. The molecule has 1 N–H and O–H groups in total. The molecule has 2 aromatic heterocycles. The summed E-state index contributed by atoms with van der Waals surface area (Å²) in [7, 11) is -3.44. The van der Waals surface area contributed by atoms with Crippen molar-refractivity contribution in [3.05, 3.63) is 46.2 Å². The molecule has 23 heavy (non-hydrogen) atoms. The third-order valence-corrected chi connectivity index (χ3v) is 6.21. The number of nitrogens with zero attached hydrogens (tertiary/aromatic N) is 2. The average Bonchev–Trinajstić information content (AvgIpc) is 3.01. The van der Waals surface area contributed by atoms with Crippen molar-refractivity contribution in [2.75, 3.05) is 0 Å². The van der Waals surface area contributed by atoms with E-state index in [1.165, 1.54) is 0 Å². The summed E-state index contributed by atoms with van der Waals surface area (Å²) in [5.74, 6) is 0.329. The second-order valence-corrected chi connectivity index (χ2v) is 8.53. The molecule has 1 atom stereocenters. The normalized spacial score (nSPS) is 16.7. The van der Waals surface area contributed by atoms with Crippen LogP contribution in [0, 0.1) is 5.92 Å². The Balaban J connectivity index is 1.54. The van der Waals surface area contributed by atoms with Gasteiger partial charge >= 0.3 is 0 Å². The van der Waals surface area contributed by atoms with Gasteiger partial charge in [0.1, 0.15) is 11.0 Å². The molecule has 4 rings (SSSR count). The maximum atomic E-state index is 12.5. The van der Waals surface area contributed by atoms with Gasteiger partial charge in [-0.25, -0.2) is 17.8 Å². The van der Waals surface area contributed by atoms with E-state index in [9.17, 15) is 8.42 Å². The molecule has 6 nitrogen and oxygen atoms in total. The molecule has 2 heterocycles. The number of thiophene rings is 1. The van der Waals surface area contributed by atoms with Crippen LogP contribution >= 0.6 is 11.3 Å². The Bertz CT molecular complexity index is 915. The molecule has 1 aliphatic rings. The number of aromatic nitrogens is 2. The Morgan fingerprint density at radius 3 is 2.83 bits per heavy atom. The summed E-state index contributed by atoms with van der Waals surface area (Å²) in [6.45, 7) is 0. The van der Waals surface area contributed by atoms with E-state index in [4.69, 9.17) is 0 Å². The van der Waals surface area contributed by atoms with Gasteiger partial charge in [0.15, 0.2) is 0 Å². The van der Waals surface area contributed by atoms with E-state index in [2.05, 4.69) is 19.7 Å². The van der Waals surface area contributed by atoms with Gasteiger partial charge in [-0.3, -0.25) is 0 Å². The van der Waals surface area contributed by atoms with Crippen LogP contribution in [0.5, 0.6) is 0 Å². The lowest BCUT2D eigenvalue weighted by Gasteiger charge is -2.17. The highest BCUT2D eigenvalue weighted by Gasteiger charge is 2.35. The van der Waals surface area contributed by atoms with Crippen molar-refractivity contribution < 1.29 is 13.0 Å². The molecule has 3 aromatic rings. The van der Waals surface area contributed by atoms with Crippen LogP contribution in [0.3, 0.4) is 0 Å². The number of hydrogen-bond acceptors (Lipinski definition) is 6. The molecule has 0 spiro atoms. The van der Waals surface area contributed by atoms with Gasteiger partial charge < -0.3 is 0 Å². The first-order chi connectivity index (χ1) is 11.1. The van der Waals surface area contributed by atoms with Crippen LogP contribution in [0.2, 0.25) is 0 Å². The molecule has 0 amide bonds. The Morgan fingerprint density at radius 1 is 1.26 bits per heavy atom. The van der Waals surface area contributed by atoms with Crippen molar-refractivity contribution in [3.63, 3.8) is 0 Å². The Morgan fingerprint density at radius 2 is 2.09 bits per heavy atom. The smallest absolute Gasteiger partial charge is 0.216 e. The minimum Gasteiger partial charge on any atom is -0.243 e. The first kappa shape index (κ1) is 14.8. The zero-order valence-corrected chi connectivity index (χ0v) is 13.8. The number of fused-ring (bicyclic) bond motifs is 1. The summed E-state index contributed by atoms with van der Waals surface area (Å²) in [6.07, 6.45) is 2.14. The number of nitrogens with one attached hydrogen (secondary N) is 1. The monoisotopic (exact) mass is 349 g/mol. The third kappa shape index (κ3) is 3.29. The standard InChI is InChI=1S/C15H15N3O3S2/c19-23(20,9-10-3-6-12-13(8-10)17-21-16-12)18-15(11-4-5-11)14-2-1-7-22-14/h1-3,6-8,11,15,18H,4-5,9H2. The van der Waals surface area contributed by atoms with E-state index in [0.717, 1.165) is 17.7 Å². The van der Waals surface area contributed by atoms with Crippen molar-refractivity contribution in [1.29, 1.82) is 0 Å². The molecule has 1 saturated carbocycles. The fourth-order valence-corrected chi connectivity index (χ4v) is 5.01. The summed E-state index contributed by atoms with van der Waals surface area (Å²) in [6, 6.07) is 8.98. The molecule has 1 aliphatic carbocycles. The summed E-state index contributed by atoms with van der Waals surface area (Å²) < 4.78 is 32.6. The quantitative estimate of drug-likeness (QED) is 0.739. The molecule has 120 valence electrons. The fraction of sp³-hybridized carbons (Fsp3) is 0.333. The molecular formula is C15H15N3O3S2. The average molecular weight is 349 g/mol. The second-order valence-electron chi connectivity index (χ2n) is 5.79. The van der Waals surface area contributed by atoms with Crippen molar-refractivity contribution in [2.45, 2.75) is 24.6 Å². The maximum absolute atomic E-state index is 12.5. The van der Waals surface area contributed by atoms with Crippen LogP contribution in [0.25, 0.3) is 11.0 Å². The lowest BCUT2D eigenvalue weighted by atomic mass is 10.2. The molecule has 1 fully saturated rings. The highest BCUT2D eigenvalue weighted by atomic mass is 32.2. The largest absolute Gasteiger partial charge is 0.243 e. The van der Waals surface area contributed by atoms with E-state index in [1.807, 2.05) is 17.5 Å². The highest BCUT2D eigenvalue weighted by Crippen LogP contribution is 2.42. The maximum Gasteiger partial charge on any atom is 0.216 e. The van der Waals surface area contributed by atoms with E-state index in [-0.39, 0.29) is 11.8 Å². The number of hydrogen-bond donors (Lipinski definition) is 1. The van der Waals surface area contributed by atoms with Crippen molar-refractivity contribution in [2.24, 2.45) is 5.92 Å². The van der Waals surface area contributed by atoms with Gasteiger partial charge in [0.25, 0.3) is 0 Å². The van der Waals surface area contributed by atoms with Crippen LogP contribution in [0.1, 0.15) is 29.3 Å². The zero-order chi connectivity index (χ0) is 15.9. The lowest BCUT2D eigenvalue weighted by molar-refractivity contribution is 0.315. The molecule has 0 bridgehead atoms. The Hall–Kier alpha value is -1.77. The van der Waals surface area contributed by atoms with Crippen molar-refractivity contribution in [3.8, 4) is 0 Å². The summed E-state index contributed by atoms with van der Waals surface area (Å²) in [5, 5.41) is 9.45. The van der Waals surface area contributed by atoms with Crippen LogP contribution in [-0.2, 0) is 15.8 Å². The first-order valence-electron chi connectivity index (χ1n) is 7.35. The molecule has 1 aromatic carbocycles. The van der Waals surface area contributed by atoms with Crippen LogP contribution < -0.4 is 4.72 Å². The number of sulfonamides is 1. The zero-order valence-electron chi connectivity index (χ0n) is 12.2. The third-order valence-electron chi connectivity index (χ3n) is 3.92. The topological polar surface area (TPSA) is 85.1 Å². The summed E-state index contributed by atoms with van der Waals surface area (Å²) in [5.41, 5.74) is 1.85. The van der Waals surface area contributed by atoms with Gasteiger partial charge in [0.2, 0.25) is 10.0 Å². The van der Waals surface area contributed by atoms with Gasteiger partial charge in [-0.15, -0.1) is 11.3 Å². The minimum atomic E-state index is -3.44. The van der Waals surface area contributed by atoms with E-state index in [0.29, 0.717) is 22.5 Å². The highest BCUT2D eigenvalue weighted by molar-refractivity contribution is 7.88. The Labute approximate surface area is 137 Å². The van der Waals surface area contributed by atoms with Gasteiger partial charge in [0, 0.05) is 4.88 Å². The summed E-state index contributed by atoms with van der Waals surface area (Å²) >= 11 is 1.59. The molecule has 1 unspecified atom stereocenters. The molecule has 0 aliphatic heterocycles. The van der Waals surface area contributed by atoms with Crippen LogP contribution in [0.15, 0.2) is 40.3 Å². The predicted octanol–water partition coefficient (Wildman–Crippen LogP) is 2.86. The fourth-order valence-electron chi connectivity index (χ4n) is 2.66. The lowest BCUT2D eigenvalue weighted by Crippen LogP contribution is -2.30. The SMILES string of the molecule is O=S(=O)(Cc1ccc2nonc2c1)NC(c1cccs1)C1CC1. The van der Waals surface area contributed by atoms with E-state index < -0.39 is 10.0 Å². The van der Waals surface area contributed by atoms with Crippen molar-refractivity contribution in [1.82, 2.24) is 15.0 Å². The van der Waals surface area contributed by atoms with Gasteiger partial charge in [0.05, 0.1) is 11.8 Å². The number of rotatable bonds is 6. The van der Waals surface area contributed by atoms with Crippen LogP contribution in [0.4, 0.5) is 0 Å². The van der Waals surface area contributed by atoms with Gasteiger partial charge in [-0.1, -0.05) is 12.1 Å². The summed E-state index contributed by atoms with van der Waals surface area (Å²) in [4.78, 5) is 1.08. The van der Waals surface area contributed by atoms with Gasteiger partial charge in [-0.2, -0.15) is 0 Å². The van der Waals surface area contributed by atoms with E-state index in [1.54, 1.807) is 29.5 Å². The predicted molar refractivity (Wildman–Crippen MR) is 87.3 cm³/mol. The molecular weight excluding hydrogens is 334 g/mol. The van der Waals surface area contributed by atoms with E-state index >= 15 is 0 Å². The Kier molecular flexibility index (Phi) is 3.67.